The quantitative estimate of drug-likeness (QED) is 0.572. The molecule has 0 aliphatic rings. The van der Waals surface area contributed by atoms with Crippen LogP contribution in [0.5, 0.6) is 5.75 Å². The highest BCUT2D eigenvalue weighted by atomic mass is 31.2. The molecule has 116 valence electrons. The van der Waals surface area contributed by atoms with Crippen molar-refractivity contribution in [2.75, 3.05) is 16.8 Å². The van der Waals surface area contributed by atoms with Crippen molar-refractivity contribution >= 4 is 19.2 Å². The summed E-state index contributed by atoms with van der Waals surface area (Å²) in [7, 11) is -2.14. The van der Waals surface area contributed by atoms with E-state index in [9.17, 15) is 0 Å². The van der Waals surface area contributed by atoms with Crippen LogP contribution in [0, 0.1) is 0 Å². The number of hydrogen-bond acceptors (Lipinski definition) is 3. The summed E-state index contributed by atoms with van der Waals surface area (Å²) in [4.78, 5) is 0. The van der Waals surface area contributed by atoms with Gasteiger partial charge in [-0.25, -0.2) is 10.2 Å². The fourth-order valence-electron chi connectivity index (χ4n) is 2.28. The summed E-state index contributed by atoms with van der Waals surface area (Å²) in [6.07, 6.45) is 0. The predicted molar refractivity (Wildman–Crippen MR) is 100 cm³/mol. The lowest BCUT2D eigenvalue weighted by atomic mass is 10.3. The van der Waals surface area contributed by atoms with Crippen molar-refractivity contribution in [3.63, 3.8) is 0 Å². The molecule has 0 radical (unpaired) electrons. The number of hydrogen-bond donors (Lipinski definition) is 2. The Bertz CT molecular complexity index is 619. The highest BCUT2D eigenvalue weighted by Gasteiger charge is 2.36. The maximum absolute atomic E-state index is 6.30. The molecule has 0 bridgehead atoms. The van der Waals surface area contributed by atoms with Gasteiger partial charge in [0.05, 0.1) is 11.4 Å². The normalized spacial score (nSPS) is 10.8. The SMILES string of the molecule is C[P+](Nc1ccccc1)(Nc1ccccc1)Oc1ccccc1. The molecule has 0 heterocycles. The van der Waals surface area contributed by atoms with Crippen molar-refractivity contribution in [3.8, 4) is 5.75 Å². The molecule has 0 amide bonds. The third-order valence-electron chi connectivity index (χ3n) is 3.26. The van der Waals surface area contributed by atoms with E-state index in [0.717, 1.165) is 17.1 Å². The second-order valence-electron chi connectivity index (χ2n) is 5.28. The van der Waals surface area contributed by atoms with Crippen molar-refractivity contribution in [3.05, 3.63) is 91.0 Å². The fraction of sp³-hybridized carbons (Fsp3) is 0.0526. The van der Waals surface area contributed by atoms with Crippen LogP contribution in [0.4, 0.5) is 11.4 Å². The maximum Gasteiger partial charge on any atom is 0.373 e. The predicted octanol–water partition coefficient (Wildman–Crippen LogP) is 5.68. The number of para-hydroxylation sites is 3. The third kappa shape index (κ3) is 4.48. The minimum absolute atomic E-state index is 0.843. The van der Waals surface area contributed by atoms with E-state index in [2.05, 4.69) is 16.8 Å². The topological polar surface area (TPSA) is 33.3 Å². The molecule has 3 nitrogen and oxygen atoms in total. The average molecular weight is 323 g/mol. The zero-order valence-electron chi connectivity index (χ0n) is 13.0. The molecule has 0 aliphatic carbocycles. The summed E-state index contributed by atoms with van der Waals surface area (Å²) < 4.78 is 6.30. The fourth-order valence-corrected chi connectivity index (χ4v) is 4.26. The van der Waals surface area contributed by atoms with Gasteiger partial charge in [0, 0.05) is 0 Å². The minimum Gasteiger partial charge on any atom is -0.302 e. The smallest absolute Gasteiger partial charge is 0.302 e. The molecule has 3 aromatic carbocycles. The summed E-state index contributed by atoms with van der Waals surface area (Å²) >= 11 is 0. The van der Waals surface area contributed by atoms with Crippen LogP contribution in [-0.4, -0.2) is 6.66 Å². The molecule has 0 aromatic heterocycles. The van der Waals surface area contributed by atoms with E-state index in [1.54, 1.807) is 0 Å². The minimum atomic E-state index is -2.14. The van der Waals surface area contributed by atoms with E-state index >= 15 is 0 Å². The lowest BCUT2D eigenvalue weighted by molar-refractivity contribution is 0.607. The first-order chi connectivity index (χ1) is 11.2. The van der Waals surface area contributed by atoms with Gasteiger partial charge in [0.2, 0.25) is 0 Å². The molecule has 4 heteroatoms. The monoisotopic (exact) mass is 323 g/mol. The number of benzene rings is 3. The summed E-state index contributed by atoms with van der Waals surface area (Å²) in [6, 6.07) is 30.1. The lowest BCUT2D eigenvalue weighted by Gasteiger charge is -2.24. The molecule has 2 N–H and O–H groups in total. The Hall–Kier alpha value is -2.51. The van der Waals surface area contributed by atoms with Gasteiger partial charge in [-0.1, -0.05) is 54.6 Å². The summed E-state index contributed by atoms with van der Waals surface area (Å²) in [5.74, 6) is 0.843. The van der Waals surface area contributed by atoms with E-state index in [1.165, 1.54) is 0 Å². The lowest BCUT2D eigenvalue weighted by Crippen LogP contribution is -2.18. The van der Waals surface area contributed by atoms with Gasteiger partial charge in [0.25, 0.3) is 0 Å². The first kappa shape index (κ1) is 15.4. The van der Waals surface area contributed by atoms with E-state index in [1.807, 2.05) is 91.0 Å². The highest BCUT2D eigenvalue weighted by Crippen LogP contribution is 2.54. The van der Waals surface area contributed by atoms with Crippen LogP contribution in [0.15, 0.2) is 91.0 Å². The van der Waals surface area contributed by atoms with Crippen molar-refractivity contribution in [1.29, 1.82) is 0 Å². The van der Waals surface area contributed by atoms with Gasteiger partial charge >= 0.3 is 7.79 Å². The van der Waals surface area contributed by atoms with Crippen LogP contribution in [0.2, 0.25) is 0 Å². The first-order valence-electron chi connectivity index (χ1n) is 7.51. The summed E-state index contributed by atoms with van der Waals surface area (Å²) in [5.41, 5.74) is 2.06. The molecule has 0 aliphatic heterocycles. The highest BCUT2D eigenvalue weighted by molar-refractivity contribution is 7.73. The van der Waals surface area contributed by atoms with Gasteiger partial charge in [-0.05, 0) is 36.4 Å². The Morgan fingerprint density at radius 3 is 1.43 bits per heavy atom. The average Bonchev–Trinajstić information content (AvgIpc) is 2.57. The molecule has 0 unspecified atom stereocenters. The van der Waals surface area contributed by atoms with Crippen molar-refractivity contribution in [2.45, 2.75) is 0 Å². The van der Waals surface area contributed by atoms with E-state index in [-0.39, 0.29) is 0 Å². The van der Waals surface area contributed by atoms with Crippen LogP contribution in [0.3, 0.4) is 0 Å². The molecular weight excluding hydrogens is 303 g/mol. The Labute approximate surface area is 137 Å². The number of rotatable bonds is 6. The summed E-state index contributed by atoms with van der Waals surface area (Å²) in [5, 5.41) is 7.06. The van der Waals surface area contributed by atoms with Crippen LogP contribution >= 0.6 is 7.79 Å². The van der Waals surface area contributed by atoms with E-state index in [0.29, 0.717) is 0 Å². The number of anilines is 2. The van der Waals surface area contributed by atoms with Crippen LogP contribution in [-0.2, 0) is 0 Å². The zero-order valence-corrected chi connectivity index (χ0v) is 13.9. The van der Waals surface area contributed by atoms with Crippen LogP contribution in [0.25, 0.3) is 0 Å². The van der Waals surface area contributed by atoms with E-state index < -0.39 is 7.79 Å². The third-order valence-corrected chi connectivity index (χ3v) is 5.21. The van der Waals surface area contributed by atoms with Crippen LogP contribution < -0.4 is 14.7 Å². The van der Waals surface area contributed by atoms with Gasteiger partial charge < -0.3 is 4.52 Å². The molecule has 3 rings (SSSR count). The van der Waals surface area contributed by atoms with Gasteiger partial charge in [-0.3, -0.25) is 0 Å². The molecule has 0 saturated carbocycles. The molecular formula is C19H20N2OP+. The molecule has 0 saturated heterocycles. The molecule has 23 heavy (non-hydrogen) atoms. The first-order valence-corrected chi connectivity index (χ1v) is 9.67. The van der Waals surface area contributed by atoms with Gasteiger partial charge in [-0.2, -0.15) is 0 Å². The second kappa shape index (κ2) is 7.17. The van der Waals surface area contributed by atoms with Crippen molar-refractivity contribution in [2.24, 2.45) is 0 Å². The molecule has 0 spiro atoms. The molecule has 3 aromatic rings. The van der Waals surface area contributed by atoms with Crippen LogP contribution in [0.1, 0.15) is 0 Å². The van der Waals surface area contributed by atoms with Gasteiger partial charge in [0.15, 0.2) is 5.75 Å². The van der Waals surface area contributed by atoms with Gasteiger partial charge in [-0.15, -0.1) is 0 Å². The van der Waals surface area contributed by atoms with Gasteiger partial charge in [0.1, 0.15) is 6.66 Å². The summed E-state index contributed by atoms with van der Waals surface area (Å²) in [6.45, 7) is 2.08. The Morgan fingerprint density at radius 1 is 0.609 bits per heavy atom. The molecule has 0 atom stereocenters. The zero-order chi connectivity index (χ0) is 16.0. The second-order valence-corrected chi connectivity index (χ2v) is 7.76. The Balaban J connectivity index is 1.85. The standard InChI is InChI=1S/C19H20N2OP/c1-23(20-17-11-5-2-6-12-17,21-18-13-7-3-8-14-18)22-19-15-9-4-10-16-19/h2-16,20-21H,1H3/q+1. The maximum atomic E-state index is 6.30. The largest absolute Gasteiger partial charge is 0.373 e. The van der Waals surface area contributed by atoms with E-state index in [4.69, 9.17) is 4.52 Å². The van der Waals surface area contributed by atoms with Crippen molar-refractivity contribution < 1.29 is 4.52 Å². The Morgan fingerprint density at radius 2 is 1.00 bits per heavy atom. The Kier molecular flexibility index (Phi) is 4.80. The van der Waals surface area contributed by atoms with Crippen molar-refractivity contribution in [1.82, 2.24) is 0 Å². The number of nitrogens with one attached hydrogen (secondary N) is 2. The molecule has 0 fully saturated rings.